The molecule has 0 unspecified atom stereocenters. The second-order valence-corrected chi connectivity index (χ2v) is 6.53. The van der Waals surface area contributed by atoms with E-state index in [4.69, 9.17) is 4.74 Å². The second-order valence-electron chi connectivity index (χ2n) is 6.53. The Kier molecular flexibility index (Phi) is 4.48. The summed E-state index contributed by atoms with van der Waals surface area (Å²) in [6, 6.07) is 17.2. The number of aromatic amines is 1. The van der Waals surface area contributed by atoms with Crippen molar-refractivity contribution in [2.45, 2.75) is 18.9 Å². The fraction of sp³-hybridized carbons (Fsp3) is 0.300. The van der Waals surface area contributed by atoms with Crippen molar-refractivity contribution in [2.24, 2.45) is 0 Å². The van der Waals surface area contributed by atoms with E-state index in [1.165, 1.54) is 0 Å². The number of ether oxygens (including phenoxy) is 1. The topological polar surface area (TPSA) is 67.3 Å². The third kappa shape index (κ3) is 3.22. The summed E-state index contributed by atoms with van der Waals surface area (Å²) >= 11 is 0. The Hall–Kier alpha value is -3.02. The van der Waals surface area contributed by atoms with Gasteiger partial charge in [0.05, 0.1) is 11.0 Å². The molecule has 0 spiro atoms. The number of imidazole rings is 1. The van der Waals surface area contributed by atoms with Gasteiger partial charge in [0.15, 0.2) is 6.61 Å². The lowest BCUT2D eigenvalue weighted by molar-refractivity contribution is -0.134. The number of piperidine rings is 1. The zero-order valence-electron chi connectivity index (χ0n) is 14.4. The number of nitrogens with one attached hydrogen (secondary N) is 1. The molecule has 1 aromatic heterocycles. The first kappa shape index (κ1) is 16.4. The Morgan fingerprint density at radius 3 is 2.50 bits per heavy atom. The van der Waals surface area contributed by atoms with Gasteiger partial charge in [-0.2, -0.15) is 0 Å². The van der Waals surface area contributed by atoms with E-state index in [0.717, 1.165) is 23.9 Å². The quantitative estimate of drug-likeness (QED) is 0.786. The average Bonchev–Trinajstić information content (AvgIpc) is 3.03. The Labute approximate surface area is 151 Å². The van der Waals surface area contributed by atoms with Crippen LogP contribution in [-0.2, 0) is 4.79 Å². The van der Waals surface area contributed by atoms with Gasteiger partial charge in [0, 0.05) is 19.1 Å². The number of H-pyrrole nitrogens is 1. The molecular weight excluding hydrogens is 330 g/mol. The number of benzene rings is 2. The van der Waals surface area contributed by atoms with Crippen LogP contribution < -0.4 is 10.4 Å². The first-order chi connectivity index (χ1) is 12.7. The lowest BCUT2D eigenvalue weighted by Gasteiger charge is -2.32. The normalized spacial score (nSPS) is 15.3. The number of rotatable bonds is 4. The number of fused-ring (bicyclic) bond motifs is 1. The monoisotopic (exact) mass is 351 g/mol. The van der Waals surface area contributed by atoms with E-state index in [2.05, 4.69) is 4.98 Å². The predicted octanol–water partition coefficient (Wildman–Crippen LogP) is 2.57. The first-order valence-corrected chi connectivity index (χ1v) is 8.87. The van der Waals surface area contributed by atoms with E-state index in [1.54, 1.807) is 0 Å². The number of hydrogen-bond donors (Lipinski definition) is 1. The molecule has 3 aromatic rings. The molecule has 134 valence electrons. The van der Waals surface area contributed by atoms with Crippen molar-refractivity contribution in [3.05, 3.63) is 65.1 Å². The second kappa shape index (κ2) is 7.07. The van der Waals surface area contributed by atoms with Gasteiger partial charge in [-0.3, -0.25) is 9.36 Å². The maximum atomic E-state index is 12.4. The molecule has 1 saturated heterocycles. The number of amides is 1. The standard InChI is InChI=1S/C20H21N3O3/c24-19(14-26-16-6-2-1-3-7-16)22-12-10-15(11-13-22)23-18-9-5-4-8-17(18)21-20(23)25/h1-9,15H,10-14H2,(H,21,25). The molecule has 2 aromatic carbocycles. The van der Waals surface area contributed by atoms with E-state index in [1.807, 2.05) is 64.1 Å². The van der Waals surface area contributed by atoms with Gasteiger partial charge in [0.2, 0.25) is 0 Å². The van der Waals surface area contributed by atoms with Gasteiger partial charge in [0.25, 0.3) is 5.91 Å². The molecule has 1 aliphatic heterocycles. The Morgan fingerprint density at radius 2 is 1.73 bits per heavy atom. The van der Waals surface area contributed by atoms with Gasteiger partial charge in [0.1, 0.15) is 5.75 Å². The number of aromatic nitrogens is 2. The van der Waals surface area contributed by atoms with Crippen molar-refractivity contribution in [3.8, 4) is 5.75 Å². The third-order valence-corrected chi connectivity index (χ3v) is 4.91. The summed E-state index contributed by atoms with van der Waals surface area (Å²) in [5.74, 6) is 0.680. The zero-order chi connectivity index (χ0) is 17.9. The molecule has 0 atom stereocenters. The number of carbonyl (C=O) groups is 1. The van der Waals surface area contributed by atoms with Crippen LogP contribution in [0.15, 0.2) is 59.4 Å². The number of hydrogen-bond acceptors (Lipinski definition) is 3. The highest BCUT2D eigenvalue weighted by Gasteiger charge is 2.26. The first-order valence-electron chi connectivity index (χ1n) is 8.87. The molecule has 1 N–H and O–H groups in total. The number of carbonyl (C=O) groups excluding carboxylic acids is 1. The SMILES string of the molecule is O=C(COc1ccccc1)N1CCC(n2c(=O)[nH]c3ccccc32)CC1. The van der Waals surface area contributed by atoms with E-state index in [9.17, 15) is 9.59 Å². The largest absolute Gasteiger partial charge is 0.484 e. The summed E-state index contributed by atoms with van der Waals surface area (Å²) in [6.45, 7) is 1.31. The molecule has 0 saturated carbocycles. The summed E-state index contributed by atoms with van der Waals surface area (Å²) in [7, 11) is 0. The number of nitrogens with zero attached hydrogens (tertiary/aromatic N) is 2. The Morgan fingerprint density at radius 1 is 1.04 bits per heavy atom. The highest BCUT2D eigenvalue weighted by Crippen LogP contribution is 2.24. The summed E-state index contributed by atoms with van der Waals surface area (Å²) in [6.07, 6.45) is 1.53. The van der Waals surface area contributed by atoms with Crippen molar-refractivity contribution in [1.29, 1.82) is 0 Å². The molecule has 26 heavy (non-hydrogen) atoms. The molecule has 4 rings (SSSR count). The van der Waals surface area contributed by atoms with Gasteiger partial charge < -0.3 is 14.6 Å². The van der Waals surface area contributed by atoms with Crippen molar-refractivity contribution >= 4 is 16.9 Å². The highest BCUT2D eigenvalue weighted by molar-refractivity contribution is 5.78. The smallest absolute Gasteiger partial charge is 0.326 e. The van der Waals surface area contributed by atoms with Crippen LogP contribution in [0.1, 0.15) is 18.9 Å². The van der Waals surface area contributed by atoms with Crippen LogP contribution >= 0.6 is 0 Å². The maximum Gasteiger partial charge on any atom is 0.326 e. The van der Waals surface area contributed by atoms with Crippen LogP contribution in [-0.4, -0.2) is 40.1 Å². The van der Waals surface area contributed by atoms with Gasteiger partial charge in [-0.25, -0.2) is 4.79 Å². The summed E-state index contributed by atoms with van der Waals surface area (Å²) in [5.41, 5.74) is 1.70. The molecular formula is C20H21N3O3. The van der Waals surface area contributed by atoms with Crippen molar-refractivity contribution < 1.29 is 9.53 Å². The van der Waals surface area contributed by atoms with Crippen LogP contribution in [0.25, 0.3) is 11.0 Å². The van der Waals surface area contributed by atoms with E-state index >= 15 is 0 Å². The minimum absolute atomic E-state index is 0.0152. The van der Waals surface area contributed by atoms with Gasteiger partial charge in [-0.05, 0) is 37.1 Å². The molecule has 1 fully saturated rings. The molecule has 6 heteroatoms. The Balaban J connectivity index is 1.38. The van der Waals surface area contributed by atoms with E-state index in [0.29, 0.717) is 18.8 Å². The minimum atomic E-state index is -0.0802. The summed E-state index contributed by atoms with van der Waals surface area (Å²) < 4.78 is 7.38. The van der Waals surface area contributed by atoms with Crippen molar-refractivity contribution in [1.82, 2.24) is 14.5 Å². The molecule has 2 heterocycles. The van der Waals surface area contributed by atoms with Gasteiger partial charge in [-0.15, -0.1) is 0 Å². The fourth-order valence-electron chi connectivity index (χ4n) is 3.56. The van der Waals surface area contributed by atoms with Gasteiger partial charge >= 0.3 is 5.69 Å². The molecule has 0 bridgehead atoms. The van der Waals surface area contributed by atoms with Crippen LogP contribution in [0, 0.1) is 0 Å². The van der Waals surface area contributed by atoms with Crippen LogP contribution in [0.4, 0.5) is 0 Å². The molecule has 0 radical (unpaired) electrons. The minimum Gasteiger partial charge on any atom is -0.484 e. The van der Waals surface area contributed by atoms with Gasteiger partial charge in [-0.1, -0.05) is 30.3 Å². The molecule has 1 amide bonds. The molecule has 0 aliphatic carbocycles. The van der Waals surface area contributed by atoms with Crippen LogP contribution in [0.3, 0.4) is 0 Å². The molecule has 6 nitrogen and oxygen atoms in total. The van der Waals surface area contributed by atoms with Crippen molar-refractivity contribution in [2.75, 3.05) is 19.7 Å². The average molecular weight is 351 g/mol. The Bertz CT molecular complexity index is 953. The lowest BCUT2D eigenvalue weighted by Crippen LogP contribution is -2.42. The fourth-order valence-corrected chi connectivity index (χ4v) is 3.56. The number of para-hydroxylation sites is 3. The lowest BCUT2D eigenvalue weighted by atomic mass is 10.0. The third-order valence-electron chi connectivity index (χ3n) is 4.91. The van der Waals surface area contributed by atoms with Crippen LogP contribution in [0.5, 0.6) is 5.75 Å². The van der Waals surface area contributed by atoms with Crippen molar-refractivity contribution in [3.63, 3.8) is 0 Å². The van der Waals surface area contributed by atoms with Crippen LogP contribution in [0.2, 0.25) is 0 Å². The van der Waals surface area contributed by atoms with E-state index < -0.39 is 0 Å². The number of likely N-dealkylation sites (tertiary alicyclic amines) is 1. The maximum absolute atomic E-state index is 12.4. The summed E-state index contributed by atoms with van der Waals surface area (Å²) in [5, 5.41) is 0. The predicted molar refractivity (Wildman–Crippen MR) is 99.3 cm³/mol. The highest BCUT2D eigenvalue weighted by atomic mass is 16.5. The zero-order valence-corrected chi connectivity index (χ0v) is 14.4. The van der Waals surface area contributed by atoms with E-state index in [-0.39, 0.29) is 24.2 Å². The molecule has 1 aliphatic rings. The summed E-state index contributed by atoms with van der Waals surface area (Å²) in [4.78, 5) is 29.4.